The van der Waals surface area contributed by atoms with Gasteiger partial charge in [-0.05, 0) is 18.6 Å². The molecule has 1 amide bonds. The van der Waals surface area contributed by atoms with Gasteiger partial charge in [0.2, 0.25) is 0 Å². The van der Waals surface area contributed by atoms with Gasteiger partial charge in [0, 0.05) is 12.1 Å². The number of benzene rings is 2. The molecule has 0 aliphatic carbocycles. The molecule has 2 heterocycles. The van der Waals surface area contributed by atoms with Gasteiger partial charge in [-0.25, -0.2) is 9.50 Å². The van der Waals surface area contributed by atoms with E-state index in [1.807, 2.05) is 37.3 Å². The molecule has 4 rings (SSSR count). The predicted molar refractivity (Wildman–Crippen MR) is 111 cm³/mol. The van der Waals surface area contributed by atoms with Crippen molar-refractivity contribution in [2.24, 2.45) is 0 Å². The maximum Gasteiger partial charge on any atom is 0.433 e. The summed E-state index contributed by atoms with van der Waals surface area (Å²) in [6.45, 7) is 2.05. The molecule has 4 aromatic rings. The van der Waals surface area contributed by atoms with Crippen molar-refractivity contribution in [2.75, 3.05) is 0 Å². The number of alkyl halides is 3. The predicted octanol–water partition coefficient (Wildman–Crippen LogP) is 5.31. The third-order valence-corrected chi connectivity index (χ3v) is 5.03. The number of hydrogen-bond acceptors (Lipinski definition) is 3. The average molecular weight is 445 g/mol. The normalized spacial score (nSPS) is 11.6. The molecule has 0 atom stereocenters. The maximum atomic E-state index is 13.8. The van der Waals surface area contributed by atoms with E-state index in [0.717, 1.165) is 17.2 Å². The van der Waals surface area contributed by atoms with Crippen molar-refractivity contribution < 1.29 is 18.0 Å². The van der Waals surface area contributed by atoms with Gasteiger partial charge < -0.3 is 5.32 Å². The summed E-state index contributed by atoms with van der Waals surface area (Å²) in [6, 6.07) is 16.9. The number of aryl methyl sites for hydroxylation is 1. The van der Waals surface area contributed by atoms with Crippen molar-refractivity contribution in [2.45, 2.75) is 19.6 Å². The van der Waals surface area contributed by atoms with E-state index in [2.05, 4.69) is 15.4 Å². The minimum Gasteiger partial charge on any atom is -0.347 e. The molecule has 158 valence electrons. The number of nitrogens with one attached hydrogen (secondary N) is 1. The van der Waals surface area contributed by atoms with Crippen molar-refractivity contribution in [3.63, 3.8) is 0 Å². The highest BCUT2D eigenvalue weighted by Crippen LogP contribution is 2.34. The monoisotopic (exact) mass is 444 g/mol. The van der Waals surface area contributed by atoms with Gasteiger partial charge in [-0.3, -0.25) is 4.79 Å². The molecule has 9 heteroatoms. The highest BCUT2D eigenvalue weighted by molar-refractivity contribution is 6.36. The molecular formula is C22H16ClF3N4O. The van der Waals surface area contributed by atoms with E-state index in [1.54, 1.807) is 24.3 Å². The average Bonchev–Trinajstić information content (AvgIpc) is 3.08. The van der Waals surface area contributed by atoms with E-state index in [9.17, 15) is 18.0 Å². The van der Waals surface area contributed by atoms with Crippen molar-refractivity contribution in [3.8, 4) is 11.3 Å². The Morgan fingerprint density at radius 1 is 1.10 bits per heavy atom. The number of carbonyl (C=O) groups is 1. The Bertz CT molecular complexity index is 1250. The van der Waals surface area contributed by atoms with Crippen LogP contribution >= 0.6 is 11.6 Å². The smallest absolute Gasteiger partial charge is 0.347 e. The molecule has 0 saturated heterocycles. The quantitative estimate of drug-likeness (QED) is 0.464. The molecule has 0 aliphatic rings. The van der Waals surface area contributed by atoms with Crippen LogP contribution in [-0.2, 0) is 12.7 Å². The fraction of sp³-hybridized carbons (Fsp3) is 0.136. The summed E-state index contributed by atoms with van der Waals surface area (Å²) in [7, 11) is 0. The van der Waals surface area contributed by atoms with Crippen LogP contribution in [0.2, 0.25) is 5.02 Å². The van der Waals surface area contributed by atoms with Gasteiger partial charge >= 0.3 is 6.18 Å². The summed E-state index contributed by atoms with van der Waals surface area (Å²) in [5.41, 5.74) is 0.724. The molecule has 2 aromatic carbocycles. The zero-order chi connectivity index (χ0) is 22.2. The number of aromatic nitrogens is 3. The maximum absolute atomic E-state index is 13.8. The summed E-state index contributed by atoms with van der Waals surface area (Å²) >= 11 is 6.27. The molecule has 0 unspecified atom stereocenters. The molecule has 2 aromatic heterocycles. The van der Waals surface area contributed by atoms with E-state index in [0.29, 0.717) is 10.1 Å². The molecule has 0 radical (unpaired) electrons. The van der Waals surface area contributed by atoms with Crippen molar-refractivity contribution in [3.05, 3.63) is 88.2 Å². The SMILES string of the molecule is Cc1ccc(-c2cc(C(F)(F)F)n3nc(C(=O)NCc4ccccc4)c(Cl)c3n2)cc1. The highest BCUT2D eigenvalue weighted by Gasteiger charge is 2.36. The van der Waals surface area contributed by atoms with E-state index < -0.39 is 17.8 Å². The molecule has 31 heavy (non-hydrogen) atoms. The first-order chi connectivity index (χ1) is 14.7. The zero-order valence-electron chi connectivity index (χ0n) is 16.2. The minimum atomic E-state index is -4.73. The third-order valence-electron chi connectivity index (χ3n) is 4.68. The first kappa shape index (κ1) is 20.9. The van der Waals surface area contributed by atoms with Crippen LogP contribution in [0.4, 0.5) is 13.2 Å². The fourth-order valence-electron chi connectivity index (χ4n) is 3.07. The van der Waals surface area contributed by atoms with Gasteiger partial charge in [-0.1, -0.05) is 71.8 Å². The molecule has 1 N–H and O–H groups in total. The number of hydrogen-bond donors (Lipinski definition) is 1. The Morgan fingerprint density at radius 3 is 2.42 bits per heavy atom. The molecule has 0 bridgehead atoms. The van der Waals surface area contributed by atoms with Crippen LogP contribution in [0, 0.1) is 6.92 Å². The van der Waals surface area contributed by atoms with E-state index in [4.69, 9.17) is 11.6 Å². The Kier molecular flexibility index (Phi) is 5.41. The topological polar surface area (TPSA) is 59.3 Å². The van der Waals surface area contributed by atoms with Gasteiger partial charge in [-0.15, -0.1) is 0 Å². The number of halogens is 4. The third kappa shape index (κ3) is 4.25. The summed E-state index contributed by atoms with van der Waals surface area (Å²) in [4.78, 5) is 16.8. The molecule has 0 saturated carbocycles. The molecule has 5 nitrogen and oxygen atoms in total. The van der Waals surface area contributed by atoms with Crippen LogP contribution < -0.4 is 5.32 Å². The van der Waals surface area contributed by atoms with Gasteiger partial charge in [0.25, 0.3) is 5.91 Å². The standard InChI is InChI=1S/C22H16ClF3N4O/c1-13-7-9-15(10-8-13)16-11-17(22(24,25)26)30-20(28-16)18(23)19(29-30)21(31)27-12-14-5-3-2-4-6-14/h2-11H,12H2,1H3,(H,27,31). The molecular weight excluding hydrogens is 429 g/mol. The van der Waals surface area contributed by atoms with Gasteiger partial charge in [-0.2, -0.15) is 18.3 Å². The van der Waals surface area contributed by atoms with Gasteiger partial charge in [0.1, 0.15) is 5.02 Å². The number of fused-ring (bicyclic) bond motifs is 1. The van der Waals surface area contributed by atoms with Crippen LogP contribution in [-0.4, -0.2) is 20.5 Å². The van der Waals surface area contributed by atoms with E-state index >= 15 is 0 Å². The second kappa shape index (κ2) is 8.03. The van der Waals surface area contributed by atoms with E-state index in [1.165, 1.54) is 0 Å². The van der Waals surface area contributed by atoms with Gasteiger partial charge in [0.05, 0.1) is 5.69 Å². The highest BCUT2D eigenvalue weighted by atomic mass is 35.5. The van der Waals surface area contributed by atoms with Crippen LogP contribution in [0.1, 0.15) is 27.3 Å². The van der Waals surface area contributed by atoms with Crippen LogP contribution in [0.5, 0.6) is 0 Å². The molecule has 0 fully saturated rings. The lowest BCUT2D eigenvalue weighted by Crippen LogP contribution is -2.23. The summed E-state index contributed by atoms with van der Waals surface area (Å²) in [5, 5.41) is 6.20. The number of amides is 1. The van der Waals surface area contributed by atoms with Crippen LogP contribution in [0.15, 0.2) is 60.7 Å². The van der Waals surface area contributed by atoms with Crippen molar-refractivity contribution >= 4 is 23.2 Å². The minimum absolute atomic E-state index is 0.0814. The Labute approximate surface area is 180 Å². The van der Waals surface area contributed by atoms with Crippen molar-refractivity contribution in [1.29, 1.82) is 0 Å². The van der Waals surface area contributed by atoms with Crippen LogP contribution in [0.3, 0.4) is 0 Å². The Hall–Kier alpha value is -3.39. The molecule has 0 aliphatic heterocycles. The number of nitrogens with zero attached hydrogens (tertiary/aromatic N) is 3. The fourth-order valence-corrected chi connectivity index (χ4v) is 3.32. The number of rotatable bonds is 4. The van der Waals surface area contributed by atoms with Crippen LogP contribution in [0.25, 0.3) is 16.9 Å². The lowest BCUT2D eigenvalue weighted by atomic mass is 10.1. The summed E-state index contributed by atoms with van der Waals surface area (Å²) < 4.78 is 41.8. The first-order valence-electron chi connectivity index (χ1n) is 9.29. The second-order valence-corrected chi connectivity index (χ2v) is 7.33. The van der Waals surface area contributed by atoms with E-state index in [-0.39, 0.29) is 28.6 Å². The second-order valence-electron chi connectivity index (χ2n) is 6.96. The number of carbonyl (C=O) groups excluding carboxylic acids is 1. The lowest BCUT2D eigenvalue weighted by Gasteiger charge is -2.11. The van der Waals surface area contributed by atoms with Crippen molar-refractivity contribution in [1.82, 2.24) is 19.9 Å². The molecule has 0 spiro atoms. The largest absolute Gasteiger partial charge is 0.433 e. The zero-order valence-corrected chi connectivity index (χ0v) is 17.0. The van der Waals surface area contributed by atoms with Gasteiger partial charge in [0.15, 0.2) is 17.0 Å². The Morgan fingerprint density at radius 2 is 1.77 bits per heavy atom. The lowest BCUT2D eigenvalue weighted by molar-refractivity contribution is -0.142. The summed E-state index contributed by atoms with van der Waals surface area (Å²) in [5.74, 6) is -0.690. The first-order valence-corrected chi connectivity index (χ1v) is 9.67. The Balaban J connectivity index is 1.77. The summed E-state index contributed by atoms with van der Waals surface area (Å²) in [6.07, 6.45) is -4.73.